The Balaban J connectivity index is 0.00000400. The molecule has 3 N–H and O–H groups in total. The fourth-order valence-electron chi connectivity index (χ4n) is 1.69. The van der Waals surface area contributed by atoms with Gasteiger partial charge in [0, 0.05) is 34.9 Å². The van der Waals surface area contributed by atoms with Gasteiger partial charge in [-0.05, 0) is 46.8 Å². The van der Waals surface area contributed by atoms with Crippen LogP contribution in [0.15, 0.2) is 17.1 Å². The van der Waals surface area contributed by atoms with Crippen molar-refractivity contribution in [2.24, 2.45) is 4.99 Å². The van der Waals surface area contributed by atoms with Crippen LogP contribution in [-0.4, -0.2) is 31.1 Å². The van der Waals surface area contributed by atoms with Crippen LogP contribution in [0.5, 0.6) is 0 Å². The van der Waals surface area contributed by atoms with E-state index in [1.165, 1.54) is 9.75 Å². The maximum atomic E-state index is 4.61. The van der Waals surface area contributed by atoms with E-state index in [0.29, 0.717) is 0 Å². The topological polar surface area (TPSA) is 48.5 Å². The highest BCUT2D eigenvalue weighted by Crippen LogP contribution is 2.15. The molecule has 1 aromatic rings. The van der Waals surface area contributed by atoms with Crippen molar-refractivity contribution in [3.63, 3.8) is 0 Å². The molecule has 1 heterocycles. The molecule has 0 aliphatic rings. The van der Waals surface area contributed by atoms with E-state index in [9.17, 15) is 0 Å². The summed E-state index contributed by atoms with van der Waals surface area (Å²) in [4.78, 5) is 7.24. The predicted molar refractivity (Wildman–Crippen MR) is 105 cm³/mol. The molecule has 0 unspecified atom stereocenters. The molecule has 1 rings (SSSR count). The molecule has 0 fully saturated rings. The molecular weight excluding hydrogens is 395 g/mol. The zero-order chi connectivity index (χ0) is 15.0. The maximum Gasteiger partial charge on any atom is 0.191 e. The zero-order valence-electron chi connectivity index (χ0n) is 13.7. The summed E-state index contributed by atoms with van der Waals surface area (Å²) in [7, 11) is 0. The Kier molecular flexibility index (Phi) is 10.2. The van der Waals surface area contributed by atoms with Gasteiger partial charge in [-0.25, -0.2) is 4.99 Å². The van der Waals surface area contributed by atoms with Gasteiger partial charge in [-0.1, -0.05) is 0 Å². The van der Waals surface area contributed by atoms with E-state index in [0.717, 1.165) is 32.1 Å². The fourth-order valence-corrected chi connectivity index (χ4v) is 2.50. The number of nitrogens with zero attached hydrogens (tertiary/aromatic N) is 1. The minimum Gasteiger partial charge on any atom is -0.357 e. The molecule has 1 aromatic heterocycles. The number of hydrogen-bond donors (Lipinski definition) is 3. The second kappa shape index (κ2) is 10.4. The number of nitrogens with one attached hydrogen (secondary N) is 3. The lowest BCUT2D eigenvalue weighted by atomic mass is 10.1. The van der Waals surface area contributed by atoms with E-state index in [2.05, 4.69) is 67.7 Å². The average molecular weight is 424 g/mol. The highest BCUT2D eigenvalue weighted by molar-refractivity contribution is 14.0. The van der Waals surface area contributed by atoms with Crippen LogP contribution >= 0.6 is 35.3 Å². The van der Waals surface area contributed by atoms with Crippen LogP contribution in [0, 0.1) is 6.92 Å². The molecule has 6 heteroatoms. The Morgan fingerprint density at radius 3 is 2.43 bits per heavy atom. The van der Waals surface area contributed by atoms with Crippen molar-refractivity contribution < 1.29 is 0 Å². The first-order chi connectivity index (χ1) is 9.40. The van der Waals surface area contributed by atoms with Crippen LogP contribution in [0.3, 0.4) is 0 Å². The van der Waals surface area contributed by atoms with Crippen molar-refractivity contribution >= 4 is 41.3 Å². The van der Waals surface area contributed by atoms with E-state index in [-0.39, 0.29) is 29.5 Å². The summed E-state index contributed by atoms with van der Waals surface area (Å²) in [6.07, 6.45) is 0. The SMILES string of the molecule is CCNC(=NCc1ccc(C)s1)NCCNC(C)(C)C.I. The predicted octanol–water partition coefficient (Wildman–Crippen LogP) is 3.12. The van der Waals surface area contributed by atoms with Gasteiger partial charge in [0.25, 0.3) is 0 Å². The van der Waals surface area contributed by atoms with Gasteiger partial charge in [-0.15, -0.1) is 35.3 Å². The summed E-state index contributed by atoms with van der Waals surface area (Å²) in [6.45, 7) is 14.1. The van der Waals surface area contributed by atoms with Crippen molar-refractivity contribution in [2.45, 2.75) is 46.7 Å². The molecule has 4 nitrogen and oxygen atoms in total. The van der Waals surface area contributed by atoms with Gasteiger partial charge in [-0.2, -0.15) is 0 Å². The lowest BCUT2D eigenvalue weighted by molar-refractivity contribution is 0.428. The summed E-state index contributed by atoms with van der Waals surface area (Å²) in [5, 5.41) is 10.1. The Hall–Kier alpha value is -0.340. The van der Waals surface area contributed by atoms with Crippen LogP contribution in [0.1, 0.15) is 37.4 Å². The third-order valence-electron chi connectivity index (χ3n) is 2.61. The lowest BCUT2D eigenvalue weighted by Gasteiger charge is -2.21. The van der Waals surface area contributed by atoms with Crippen molar-refractivity contribution in [1.82, 2.24) is 16.0 Å². The van der Waals surface area contributed by atoms with Gasteiger partial charge < -0.3 is 16.0 Å². The molecule has 21 heavy (non-hydrogen) atoms. The van der Waals surface area contributed by atoms with Gasteiger partial charge in [0.1, 0.15) is 0 Å². The smallest absolute Gasteiger partial charge is 0.191 e. The van der Waals surface area contributed by atoms with Crippen molar-refractivity contribution in [1.29, 1.82) is 0 Å². The number of halogens is 1. The number of hydrogen-bond acceptors (Lipinski definition) is 3. The Morgan fingerprint density at radius 2 is 1.90 bits per heavy atom. The first-order valence-corrected chi connectivity index (χ1v) is 8.05. The van der Waals surface area contributed by atoms with Crippen molar-refractivity contribution in [3.8, 4) is 0 Å². The molecule has 0 aromatic carbocycles. The summed E-state index contributed by atoms with van der Waals surface area (Å²) < 4.78 is 0. The number of aliphatic imine (C=N–C) groups is 1. The van der Waals surface area contributed by atoms with Crippen LogP contribution in [0.4, 0.5) is 0 Å². The molecule has 0 amide bonds. The second-order valence-corrected chi connectivity index (χ2v) is 7.18. The van der Waals surface area contributed by atoms with Crippen LogP contribution in [0.2, 0.25) is 0 Å². The number of rotatable bonds is 6. The molecule has 0 aliphatic carbocycles. The number of guanidine groups is 1. The van der Waals surface area contributed by atoms with E-state index < -0.39 is 0 Å². The van der Waals surface area contributed by atoms with Crippen LogP contribution in [0.25, 0.3) is 0 Å². The monoisotopic (exact) mass is 424 g/mol. The molecular formula is C15H29IN4S. The van der Waals surface area contributed by atoms with Gasteiger partial charge in [0.05, 0.1) is 6.54 Å². The van der Waals surface area contributed by atoms with Gasteiger partial charge in [0.15, 0.2) is 5.96 Å². The normalized spacial score (nSPS) is 12.0. The van der Waals surface area contributed by atoms with Crippen LogP contribution in [-0.2, 0) is 6.54 Å². The Bertz CT molecular complexity index is 424. The number of thiophene rings is 1. The molecule has 0 atom stereocenters. The van der Waals surface area contributed by atoms with Gasteiger partial charge >= 0.3 is 0 Å². The summed E-state index contributed by atoms with van der Waals surface area (Å²) >= 11 is 1.80. The second-order valence-electron chi connectivity index (χ2n) is 5.81. The first kappa shape index (κ1) is 20.7. The highest BCUT2D eigenvalue weighted by Gasteiger charge is 2.07. The van der Waals surface area contributed by atoms with Gasteiger partial charge in [-0.3, -0.25) is 0 Å². The molecule has 0 radical (unpaired) electrons. The summed E-state index contributed by atoms with van der Waals surface area (Å²) in [5.74, 6) is 0.884. The quantitative estimate of drug-likeness (QED) is 0.285. The van der Waals surface area contributed by atoms with Crippen molar-refractivity contribution in [2.75, 3.05) is 19.6 Å². The largest absolute Gasteiger partial charge is 0.357 e. The molecule has 0 aliphatic heterocycles. The lowest BCUT2D eigenvalue weighted by Crippen LogP contribution is -2.44. The Labute approximate surface area is 150 Å². The molecule has 0 spiro atoms. The van der Waals surface area contributed by atoms with E-state index in [4.69, 9.17) is 0 Å². The molecule has 0 saturated heterocycles. The standard InChI is InChI=1S/C15H28N4S.HI/c1-6-16-14(17-9-10-19-15(3,4)5)18-11-13-8-7-12(2)20-13;/h7-8,19H,6,9-11H2,1-5H3,(H2,16,17,18);1H. The number of aryl methyl sites for hydroxylation is 1. The maximum absolute atomic E-state index is 4.61. The summed E-state index contributed by atoms with van der Waals surface area (Å²) in [6, 6.07) is 4.29. The molecule has 0 bridgehead atoms. The van der Waals surface area contributed by atoms with Gasteiger partial charge in [0.2, 0.25) is 0 Å². The van der Waals surface area contributed by atoms with E-state index in [1.807, 2.05) is 0 Å². The fraction of sp³-hybridized carbons (Fsp3) is 0.667. The summed E-state index contributed by atoms with van der Waals surface area (Å²) in [5.41, 5.74) is 0.158. The molecule has 122 valence electrons. The van der Waals surface area contributed by atoms with E-state index >= 15 is 0 Å². The minimum absolute atomic E-state index is 0. The van der Waals surface area contributed by atoms with Crippen molar-refractivity contribution in [3.05, 3.63) is 21.9 Å². The Morgan fingerprint density at radius 1 is 1.19 bits per heavy atom. The molecule has 0 saturated carbocycles. The first-order valence-electron chi connectivity index (χ1n) is 7.23. The van der Waals surface area contributed by atoms with E-state index in [1.54, 1.807) is 11.3 Å². The highest BCUT2D eigenvalue weighted by atomic mass is 127. The zero-order valence-corrected chi connectivity index (χ0v) is 16.9. The average Bonchev–Trinajstić information content (AvgIpc) is 2.76. The van der Waals surface area contributed by atoms with Crippen LogP contribution < -0.4 is 16.0 Å². The minimum atomic E-state index is 0. The third kappa shape index (κ3) is 10.1. The third-order valence-corrected chi connectivity index (χ3v) is 3.59.